The fourth-order valence-electron chi connectivity index (χ4n) is 2.24. The Hall–Kier alpha value is -1.87. The zero-order valence-corrected chi connectivity index (χ0v) is 11.4. The van der Waals surface area contributed by atoms with Crippen LogP contribution in [0.2, 0.25) is 0 Å². The third-order valence-electron chi connectivity index (χ3n) is 3.20. The van der Waals surface area contributed by atoms with Crippen LogP contribution in [0, 0.1) is 12.7 Å². The Morgan fingerprint density at radius 3 is 2.47 bits per heavy atom. The fraction of sp³-hybridized carbons (Fsp3) is 0.250. The van der Waals surface area contributed by atoms with Gasteiger partial charge in [0.1, 0.15) is 11.6 Å². The average molecular weight is 259 g/mol. The molecule has 0 saturated carbocycles. The lowest BCUT2D eigenvalue weighted by atomic mass is 9.96. The Morgan fingerprint density at radius 2 is 1.84 bits per heavy atom. The smallest absolute Gasteiger partial charge is 0.128 e. The summed E-state index contributed by atoms with van der Waals surface area (Å²) in [6.07, 6.45) is 0. The minimum Gasteiger partial charge on any atom is -0.496 e. The van der Waals surface area contributed by atoms with E-state index >= 15 is 0 Å². The largest absolute Gasteiger partial charge is 0.496 e. The van der Waals surface area contributed by atoms with E-state index in [0.717, 1.165) is 16.9 Å². The first-order chi connectivity index (χ1) is 9.17. The lowest BCUT2D eigenvalue weighted by Gasteiger charge is -2.20. The molecule has 0 amide bonds. The predicted octanol–water partition coefficient (Wildman–Crippen LogP) is 3.45. The summed E-state index contributed by atoms with van der Waals surface area (Å²) in [5.41, 5.74) is 2.66. The molecule has 2 aromatic rings. The van der Waals surface area contributed by atoms with Crippen molar-refractivity contribution in [3.63, 3.8) is 0 Å². The summed E-state index contributed by atoms with van der Waals surface area (Å²) in [5.74, 6) is 0.548. The molecule has 2 aromatic carbocycles. The second-order valence-electron chi connectivity index (χ2n) is 4.49. The van der Waals surface area contributed by atoms with Gasteiger partial charge in [-0.1, -0.05) is 30.3 Å². The highest BCUT2D eigenvalue weighted by Gasteiger charge is 2.19. The van der Waals surface area contributed by atoms with E-state index in [1.54, 1.807) is 19.2 Å². The van der Waals surface area contributed by atoms with Crippen molar-refractivity contribution >= 4 is 0 Å². The molecule has 100 valence electrons. The Morgan fingerprint density at radius 1 is 1.11 bits per heavy atom. The molecule has 0 radical (unpaired) electrons. The summed E-state index contributed by atoms with van der Waals surface area (Å²) in [6, 6.07) is 12.5. The van der Waals surface area contributed by atoms with Crippen molar-refractivity contribution in [2.75, 3.05) is 14.2 Å². The van der Waals surface area contributed by atoms with E-state index < -0.39 is 0 Å². The number of halogens is 1. The first kappa shape index (κ1) is 13.6. The van der Waals surface area contributed by atoms with Gasteiger partial charge < -0.3 is 10.1 Å². The first-order valence-electron chi connectivity index (χ1n) is 6.23. The van der Waals surface area contributed by atoms with Gasteiger partial charge in [0.2, 0.25) is 0 Å². The maximum Gasteiger partial charge on any atom is 0.128 e. The molecule has 0 saturated heterocycles. The summed E-state index contributed by atoms with van der Waals surface area (Å²) < 4.78 is 19.4. The van der Waals surface area contributed by atoms with Gasteiger partial charge in [-0.15, -0.1) is 0 Å². The molecule has 1 unspecified atom stereocenters. The van der Waals surface area contributed by atoms with Crippen LogP contribution in [0.1, 0.15) is 22.7 Å². The van der Waals surface area contributed by atoms with E-state index in [-0.39, 0.29) is 11.9 Å². The summed E-state index contributed by atoms with van der Waals surface area (Å²) in [7, 11) is 3.45. The maximum atomic E-state index is 13.9. The van der Waals surface area contributed by atoms with E-state index in [0.29, 0.717) is 5.56 Å². The number of ether oxygens (including phenoxy) is 1. The van der Waals surface area contributed by atoms with Crippen LogP contribution >= 0.6 is 0 Å². The van der Waals surface area contributed by atoms with Gasteiger partial charge in [0.25, 0.3) is 0 Å². The molecule has 0 fully saturated rings. The van der Waals surface area contributed by atoms with Gasteiger partial charge in [-0.3, -0.25) is 0 Å². The highest BCUT2D eigenvalue weighted by molar-refractivity contribution is 5.44. The number of nitrogens with one attached hydrogen (secondary N) is 1. The normalized spacial score (nSPS) is 12.2. The number of benzene rings is 2. The highest BCUT2D eigenvalue weighted by Crippen LogP contribution is 2.31. The second kappa shape index (κ2) is 5.85. The summed E-state index contributed by atoms with van der Waals surface area (Å²) in [6.45, 7) is 2.00. The molecule has 0 bridgehead atoms. The summed E-state index contributed by atoms with van der Waals surface area (Å²) in [4.78, 5) is 0. The molecule has 0 heterocycles. The van der Waals surface area contributed by atoms with Crippen molar-refractivity contribution in [2.45, 2.75) is 13.0 Å². The molecule has 0 aliphatic heterocycles. The number of methoxy groups -OCH3 is 1. The minimum absolute atomic E-state index is 0.218. The van der Waals surface area contributed by atoms with Crippen molar-refractivity contribution in [1.82, 2.24) is 5.32 Å². The lowest BCUT2D eigenvalue weighted by Crippen LogP contribution is -2.19. The SMILES string of the molecule is CNC(c1ccccc1F)c1ccc(C)cc1OC. The Kier molecular flexibility index (Phi) is 4.17. The molecule has 2 rings (SSSR count). The van der Waals surface area contributed by atoms with Gasteiger partial charge in [-0.05, 0) is 31.7 Å². The van der Waals surface area contributed by atoms with Crippen LogP contribution in [-0.2, 0) is 0 Å². The van der Waals surface area contributed by atoms with Gasteiger partial charge in [-0.25, -0.2) is 4.39 Å². The molecular weight excluding hydrogens is 241 g/mol. The Bertz CT molecular complexity index is 568. The fourth-order valence-corrected chi connectivity index (χ4v) is 2.24. The molecule has 1 N–H and O–H groups in total. The van der Waals surface area contributed by atoms with Crippen LogP contribution < -0.4 is 10.1 Å². The van der Waals surface area contributed by atoms with E-state index in [1.165, 1.54) is 6.07 Å². The number of hydrogen-bond acceptors (Lipinski definition) is 2. The van der Waals surface area contributed by atoms with Crippen LogP contribution in [0.15, 0.2) is 42.5 Å². The van der Waals surface area contributed by atoms with Crippen molar-refractivity contribution in [1.29, 1.82) is 0 Å². The lowest BCUT2D eigenvalue weighted by molar-refractivity contribution is 0.404. The average Bonchev–Trinajstić information content (AvgIpc) is 2.43. The maximum absolute atomic E-state index is 13.9. The quantitative estimate of drug-likeness (QED) is 0.908. The standard InChI is InChI=1S/C16H18FNO/c1-11-8-9-13(15(10-11)19-3)16(18-2)12-6-4-5-7-14(12)17/h4-10,16,18H,1-3H3. The van der Waals surface area contributed by atoms with Gasteiger partial charge in [0.05, 0.1) is 13.2 Å². The van der Waals surface area contributed by atoms with Crippen LogP contribution in [0.5, 0.6) is 5.75 Å². The Labute approximate surface area is 113 Å². The molecule has 0 aromatic heterocycles. The number of rotatable bonds is 4. The van der Waals surface area contributed by atoms with Crippen molar-refractivity contribution in [3.05, 3.63) is 65.0 Å². The monoisotopic (exact) mass is 259 g/mol. The third kappa shape index (κ3) is 2.76. The summed E-state index contributed by atoms with van der Waals surface area (Å²) >= 11 is 0. The van der Waals surface area contributed by atoms with Crippen molar-refractivity contribution in [3.8, 4) is 5.75 Å². The summed E-state index contributed by atoms with van der Waals surface area (Å²) in [5, 5.41) is 3.15. The first-order valence-corrected chi connectivity index (χ1v) is 6.23. The minimum atomic E-state index is -0.225. The van der Waals surface area contributed by atoms with Crippen LogP contribution in [0.25, 0.3) is 0 Å². The van der Waals surface area contributed by atoms with E-state index in [9.17, 15) is 4.39 Å². The van der Waals surface area contributed by atoms with Gasteiger partial charge in [-0.2, -0.15) is 0 Å². The van der Waals surface area contributed by atoms with Crippen LogP contribution in [0.3, 0.4) is 0 Å². The molecule has 2 nitrogen and oxygen atoms in total. The third-order valence-corrected chi connectivity index (χ3v) is 3.20. The van der Waals surface area contributed by atoms with E-state index in [1.807, 2.05) is 38.2 Å². The molecular formula is C16H18FNO. The molecule has 3 heteroatoms. The topological polar surface area (TPSA) is 21.3 Å². The molecule has 1 atom stereocenters. The number of aryl methyl sites for hydroxylation is 1. The van der Waals surface area contributed by atoms with Crippen molar-refractivity contribution < 1.29 is 9.13 Å². The van der Waals surface area contributed by atoms with Gasteiger partial charge in [0.15, 0.2) is 0 Å². The predicted molar refractivity (Wildman–Crippen MR) is 75.0 cm³/mol. The molecule has 19 heavy (non-hydrogen) atoms. The van der Waals surface area contributed by atoms with Gasteiger partial charge >= 0.3 is 0 Å². The van der Waals surface area contributed by atoms with Crippen molar-refractivity contribution in [2.24, 2.45) is 0 Å². The van der Waals surface area contributed by atoms with E-state index in [2.05, 4.69) is 5.32 Å². The van der Waals surface area contributed by atoms with Gasteiger partial charge in [0, 0.05) is 11.1 Å². The molecule has 0 aliphatic carbocycles. The number of hydrogen-bond donors (Lipinski definition) is 1. The molecule has 0 aliphatic rings. The zero-order valence-electron chi connectivity index (χ0n) is 11.4. The molecule has 0 spiro atoms. The van der Waals surface area contributed by atoms with Crippen LogP contribution in [-0.4, -0.2) is 14.2 Å². The zero-order chi connectivity index (χ0) is 13.8. The second-order valence-corrected chi connectivity index (χ2v) is 4.49. The van der Waals surface area contributed by atoms with Crippen LogP contribution in [0.4, 0.5) is 4.39 Å². The van der Waals surface area contributed by atoms with E-state index in [4.69, 9.17) is 4.74 Å². The Balaban J connectivity index is 2.51. The highest BCUT2D eigenvalue weighted by atomic mass is 19.1.